The Morgan fingerprint density at radius 1 is 1.08 bits per heavy atom. The van der Waals surface area contributed by atoms with Crippen LogP contribution in [-0.4, -0.2) is 61.1 Å². The van der Waals surface area contributed by atoms with Crippen LogP contribution in [-0.2, 0) is 12.8 Å². The number of aliphatic imine (C=N–C) groups is 1. The van der Waals surface area contributed by atoms with Crippen molar-refractivity contribution in [1.29, 1.82) is 0 Å². The number of guanidine groups is 1. The van der Waals surface area contributed by atoms with E-state index >= 15 is 0 Å². The van der Waals surface area contributed by atoms with E-state index in [9.17, 15) is 0 Å². The summed E-state index contributed by atoms with van der Waals surface area (Å²) in [5.74, 6) is 1.11. The minimum absolute atomic E-state index is 0.730. The molecule has 4 nitrogen and oxygen atoms in total. The third kappa shape index (κ3) is 4.97. The molecule has 2 aliphatic heterocycles. The average molecular weight is 343 g/mol. The number of hydrogen-bond acceptors (Lipinski definition) is 2. The average Bonchev–Trinajstić information content (AvgIpc) is 3.33. The first kappa shape index (κ1) is 18.2. The minimum atomic E-state index is 0.730. The number of hydrogen-bond donors (Lipinski definition) is 1. The van der Waals surface area contributed by atoms with Crippen molar-refractivity contribution in [1.82, 2.24) is 15.1 Å². The minimum Gasteiger partial charge on any atom is -0.357 e. The van der Waals surface area contributed by atoms with Gasteiger partial charge in [0.15, 0.2) is 5.96 Å². The fourth-order valence-electron chi connectivity index (χ4n) is 4.00. The smallest absolute Gasteiger partial charge is 0.193 e. The quantitative estimate of drug-likeness (QED) is 0.637. The first-order chi connectivity index (χ1) is 12.3. The van der Waals surface area contributed by atoms with E-state index in [4.69, 9.17) is 4.99 Å². The highest BCUT2D eigenvalue weighted by molar-refractivity contribution is 5.80. The summed E-state index contributed by atoms with van der Waals surface area (Å²) in [6, 6.07) is 9.71. The van der Waals surface area contributed by atoms with Gasteiger partial charge in [0.05, 0.1) is 0 Å². The molecule has 4 heteroatoms. The molecular weight excluding hydrogens is 308 g/mol. The summed E-state index contributed by atoms with van der Waals surface area (Å²) in [6.45, 7) is 11.0. The van der Waals surface area contributed by atoms with Crippen molar-refractivity contribution in [3.63, 3.8) is 0 Å². The summed E-state index contributed by atoms with van der Waals surface area (Å²) in [5, 5.41) is 3.50. The van der Waals surface area contributed by atoms with Gasteiger partial charge in [-0.3, -0.25) is 9.89 Å². The SMILES string of the molecule is CCNC(=NCCc1ccc(CC)cc1)N1CCC(N2CCCC2)C1. The van der Waals surface area contributed by atoms with Crippen molar-refractivity contribution in [2.75, 3.05) is 39.3 Å². The van der Waals surface area contributed by atoms with Gasteiger partial charge < -0.3 is 10.2 Å². The predicted molar refractivity (Wildman–Crippen MR) is 106 cm³/mol. The molecule has 2 saturated heterocycles. The Labute approximate surface area is 153 Å². The maximum Gasteiger partial charge on any atom is 0.193 e. The molecule has 2 heterocycles. The van der Waals surface area contributed by atoms with E-state index in [1.807, 2.05) is 0 Å². The Balaban J connectivity index is 1.53. The normalized spacial score (nSPS) is 21.9. The third-order valence-corrected chi connectivity index (χ3v) is 5.55. The summed E-state index contributed by atoms with van der Waals surface area (Å²) in [5.41, 5.74) is 2.79. The molecule has 2 aliphatic rings. The third-order valence-electron chi connectivity index (χ3n) is 5.55. The number of nitrogens with one attached hydrogen (secondary N) is 1. The topological polar surface area (TPSA) is 30.9 Å². The van der Waals surface area contributed by atoms with Crippen molar-refractivity contribution in [3.05, 3.63) is 35.4 Å². The van der Waals surface area contributed by atoms with Gasteiger partial charge >= 0.3 is 0 Å². The molecule has 0 amide bonds. The lowest BCUT2D eigenvalue weighted by molar-refractivity contribution is 0.249. The molecule has 25 heavy (non-hydrogen) atoms. The van der Waals surface area contributed by atoms with Crippen LogP contribution in [0, 0.1) is 0 Å². The van der Waals surface area contributed by atoms with Gasteiger partial charge in [0.25, 0.3) is 0 Å². The van der Waals surface area contributed by atoms with Crippen LogP contribution >= 0.6 is 0 Å². The Kier molecular flexibility index (Phi) is 6.74. The molecule has 0 aliphatic carbocycles. The van der Waals surface area contributed by atoms with Gasteiger partial charge in [0, 0.05) is 32.2 Å². The van der Waals surface area contributed by atoms with Gasteiger partial charge in [0.2, 0.25) is 0 Å². The second kappa shape index (κ2) is 9.23. The predicted octanol–water partition coefficient (Wildman–Crippen LogP) is 2.93. The monoisotopic (exact) mass is 342 g/mol. The molecule has 0 radical (unpaired) electrons. The zero-order chi connectivity index (χ0) is 17.5. The molecule has 1 aromatic rings. The Morgan fingerprint density at radius 2 is 1.80 bits per heavy atom. The van der Waals surface area contributed by atoms with E-state index in [2.05, 4.69) is 53.2 Å². The standard InChI is InChI=1S/C21H34N4/c1-3-18-7-9-19(10-8-18)11-13-23-21(22-4-2)25-16-12-20(17-25)24-14-5-6-15-24/h7-10,20H,3-6,11-17H2,1-2H3,(H,22,23). The van der Waals surface area contributed by atoms with Crippen molar-refractivity contribution in [3.8, 4) is 0 Å². The second-order valence-corrected chi connectivity index (χ2v) is 7.29. The van der Waals surface area contributed by atoms with Gasteiger partial charge in [-0.05, 0) is 63.2 Å². The zero-order valence-electron chi connectivity index (χ0n) is 16.0. The first-order valence-electron chi connectivity index (χ1n) is 10.1. The highest BCUT2D eigenvalue weighted by Crippen LogP contribution is 2.20. The maximum absolute atomic E-state index is 4.91. The number of nitrogens with zero attached hydrogens (tertiary/aromatic N) is 3. The van der Waals surface area contributed by atoms with Crippen LogP contribution in [0.5, 0.6) is 0 Å². The molecule has 0 spiro atoms. The Bertz CT molecular complexity index is 546. The van der Waals surface area contributed by atoms with Crippen LogP contribution in [0.4, 0.5) is 0 Å². The van der Waals surface area contributed by atoms with Crippen LogP contribution in [0.2, 0.25) is 0 Å². The lowest BCUT2D eigenvalue weighted by Gasteiger charge is -2.25. The number of benzene rings is 1. The maximum atomic E-state index is 4.91. The molecule has 1 unspecified atom stereocenters. The van der Waals surface area contributed by atoms with Crippen LogP contribution in [0.25, 0.3) is 0 Å². The summed E-state index contributed by atoms with van der Waals surface area (Å²) >= 11 is 0. The first-order valence-corrected chi connectivity index (χ1v) is 10.1. The van der Waals surface area contributed by atoms with Gasteiger partial charge in [-0.25, -0.2) is 0 Å². The number of rotatable bonds is 6. The van der Waals surface area contributed by atoms with E-state index < -0.39 is 0 Å². The second-order valence-electron chi connectivity index (χ2n) is 7.29. The van der Waals surface area contributed by atoms with Gasteiger partial charge in [-0.1, -0.05) is 31.2 Å². The number of likely N-dealkylation sites (tertiary alicyclic amines) is 2. The molecule has 0 saturated carbocycles. The number of aryl methyl sites for hydroxylation is 1. The van der Waals surface area contributed by atoms with Crippen LogP contribution < -0.4 is 5.32 Å². The van der Waals surface area contributed by atoms with E-state index in [1.54, 1.807) is 0 Å². The molecule has 1 N–H and O–H groups in total. The van der Waals surface area contributed by atoms with Gasteiger partial charge in [-0.2, -0.15) is 0 Å². The summed E-state index contributed by atoms with van der Waals surface area (Å²) in [7, 11) is 0. The molecular formula is C21H34N4. The molecule has 3 rings (SSSR count). The van der Waals surface area contributed by atoms with Crippen LogP contribution in [0.15, 0.2) is 29.3 Å². The van der Waals surface area contributed by atoms with Crippen molar-refractivity contribution in [2.24, 2.45) is 4.99 Å². The van der Waals surface area contributed by atoms with Crippen molar-refractivity contribution >= 4 is 5.96 Å². The van der Waals surface area contributed by atoms with Crippen LogP contribution in [0.3, 0.4) is 0 Å². The highest BCUT2D eigenvalue weighted by Gasteiger charge is 2.30. The molecule has 2 fully saturated rings. The fourth-order valence-corrected chi connectivity index (χ4v) is 4.00. The van der Waals surface area contributed by atoms with Crippen molar-refractivity contribution in [2.45, 2.75) is 52.0 Å². The Morgan fingerprint density at radius 3 is 2.48 bits per heavy atom. The summed E-state index contributed by atoms with van der Waals surface area (Å²) in [4.78, 5) is 10.1. The van der Waals surface area contributed by atoms with E-state index in [1.165, 1.54) is 43.5 Å². The van der Waals surface area contributed by atoms with Gasteiger partial charge in [-0.15, -0.1) is 0 Å². The van der Waals surface area contributed by atoms with Gasteiger partial charge in [0.1, 0.15) is 0 Å². The van der Waals surface area contributed by atoms with E-state index in [-0.39, 0.29) is 0 Å². The largest absolute Gasteiger partial charge is 0.357 e. The summed E-state index contributed by atoms with van der Waals surface area (Å²) < 4.78 is 0. The molecule has 0 bridgehead atoms. The Hall–Kier alpha value is -1.55. The van der Waals surface area contributed by atoms with Crippen LogP contribution in [0.1, 0.15) is 44.2 Å². The summed E-state index contributed by atoms with van der Waals surface area (Å²) in [6.07, 6.45) is 6.16. The van der Waals surface area contributed by atoms with E-state index in [0.717, 1.165) is 51.0 Å². The highest BCUT2D eigenvalue weighted by atomic mass is 15.3. The lowest BCUT2D eigenvalue weighted by atomic mass is 10.1. The molecule has 0 aromatic heterocycles. The molecule has 1 atom stereocenters. The van der Waals surface area contributed by atoms with Crippen molar-refractivity contribution < 1.29 is 0 Å². The zero-order valence-corrected chi connectivity index (χ0v) is 16.0. The molecule has 138 valence electrons. The lowest BCUT2D eigenvalue weighted by Crippen LogP contribution is -2.42. The fraction of sp³-hybridized carbons (Fsp3) is 0.667. The molecule has 1 aromatic carbocycles. The van der Waals surface area contributed by atoms with E-state index in [0.29, 0.717) is 0 Å².